The van der Waals surface area contributed by atoms with Crippen molar-refractivity contribution in [2.75, 3.05) is 0 Å². The summed E-state index contributed by atoms with van der Waals surface area (Å²) >= 11 is 1.62. The predicted octanol–water partition coefficient (Wildman–Crippen LogP) is 3.02. The van der Waals surface area contributed by atoms with Crippen LogP contribution in [-0.2, 0) is 0 Å². The lowest BCUT2D eigenvalue weighted by atomic mass is 10.2. The van der Waals surface area contributed by atoms with E-state index in [1.807, 2.05) is 31.2 Å². The van der Waals surface area contributed by atoms with E-state index < -0.39 is 0 Å². The third-order valence-corrected chi connectivity index (χ3v) is 3.32. The van der Waals surface area contributed by atoms with E-state index in [1.54, 1.807) is 18.1 Å². The van der Waals surface area contributed by atoms with Crippen LogP contribution in [0.1, 0.15) is 13.3 Å². The molecule has 0 aliphatic heterocycles. The van der Waals surface area contributed by atoms with E-state index in [2.05, 4.69) is 16.0 Å². The third-order valence-electron chi connectivity index (χ3n) is 2.20. The van der Waals surface area contributed by atoms with Gasteiger partial charge >= 0.3 is 0 Å². The standard InChI is InChI=1S/C12H11N3S/c1-9(6-7-13)16-12-10-4-2-3-5-11(10)14-8-15-12/h2-5,8-9H,6H2,1H3. The van der Waals surface area contributed by atoms with Crippen LogP contribution in [0.15, 0.2) is 35.6 Å². The van der Waals surface area contributed by atoms with E-state index in [1.165, 1.54) is 0 Å². The first-order chi connectivity index (χ1) is 7.81. The van der Waals surface area contributed by atoms with Crippen molar-refractivity contribution in [1.29, 1.82) is 5.26 Å². The van der Waals surface area contributed by atoms with Gasteiger partial charge < -0.3 is 0 Å². The van der Waals surface area contributed by atoms with Crippen molar-refractivity contribution in [3.63, 3.8) is 0 Å². The molecule has 0 bridgehead atoms. The molecule has 1 aromatic heterocycles. The minimum Gasteiger partial charge on any atom is -0.236 e. The summed E-state index contributed by atoms with van der Waals surface area (Å²) in [7, 11) is 0. The Balaban J connectivity index is 2.34. The van der Waals surface area contributed by atoms with Crippen LogP contribution in [0.4, 0.5) is 0 Å². The zero-order valence-corrected chi connectivity index (χ0v) is 9.74. The fraction of sp³-hybridized carbons (Fsp3) is 0.250. The van der Waals surface area contributed by atoms with Crippen molar-refractivity contribution < 1.29 is 0 Å². The number of para-hydroxylation sites is 1. The second-order valence-electron chi connectivity index (χ2n) is 3.49. The summed E-state index contributed by atoms with van der Waals surface area (Å²) < 4.78 is 0. The van der Waals surface area contributed by atoms with Gasteiger partial charge in [0.1, 0.15) is 11.4 Å². The molecule has 0 aliphatic rings. The number of hydrogen-bond donors (Lipinski definition) is 0. The molecule has 1 unspecified atom stereocenters. The lowest BCUT2D eigenvalue weighted by molar-refractivity contribution is 0.979. The van der Waals surface area contributed by atoms with Crippen LogP contribution in [0.5, 0.6) is 0 Å². The van der Waals surface area contributed by atoms with Gasteiger partial charge in [0.2, 0.25) is 0 Å². The van der Waals surface area contributed by atoms with Gasteiger partial charge in [0.05, 0.1) is 11.6 Å². The van der Waals surface area contributed by atoms with Gasteiger partial charge in [-0.15, -0.1) is 11.8 Å². The molecule has 0 N–H and O–H groups in total. The Morgan fingerprint density at radius 1 is 1.38 bits per heavy atom. The first kappa shape index (κ1) is 10.9. The van der Waals surface area contributed by atoms with Gasteiger partial charge in [-0.1, -0.05) is 25.1 Å². The number of rotatable bonds is 3. The molecule has 4 heteroatoms. The number of aromatic nitrogens is 2. The Hall–Kier alpha value is -1.60. The molecule has 1 aromatic carbocycles. The second kappa shape index (κ2) is 4.95. The van der Waals surface area contributed by atoms with Gasteiger partial charge in [0.15, 0.2) is 0 Å². The van der Waals surface area contributed by atoms with Crippen LogP contribution in [0.2, 0.25) is 0 Å². The molecule has 80 valence electrons. The van der Waals surface area contributed by atoms with Crippen molar-refractivity contribution in [2.45, 2.75) is 23.6 Å². The second-order valence-corrected chi connectivity index (χ2v) is 4.91. The van der Waals surface area contributed by atoms with E-state index in [-0.39, 0.29) is 5.25 Å². The molecule has 2 rings (SSSR count). The Morgan fingerprint density at radius 2 is 2.19 bits per heavy atom. The molecule has 0 fully saturated rings. The third kappa shape index (κ3) is 2.31. The summed E-state index contributed by atoms with van der Waals surface area (Å²) in [6, 6.07) is 10.1. The highest BCUT2D eigenvalue weighted by molar-refractivity contribution is 8.00. The SMILES string of the molecule is CC(CC#N)Sc1ncnc2ccccc12. The monoisotopic (exact) mass is 229 g/mol. The molecule has 16 heavy (non-hydrogen) atoms. The van der Waals surface area contributed by atoms with Crippen molar-refractivity contribution in [1.82, 2.24) is 9.97 Å². The van der Waals surface area contributed by atoms with E-state index in [4.69, 9.17) is 5.26 Å². The molecular weight excluding hydrogens is 218 g/mol. The largest absolute Gasteiger partial charge is 0.236 e. The van der Waals surface area contributed by atoms with Crippen LogP contribution in [-0.4, -0.2) is 15.2 Å². The summed E-state index contributed by atoms with van der Waals surface area (Å²) in [5.41, 5.74) is 0.948. The molecule has 0 amide bonds. The van der Waals surface area contributed by atoms with E-state index in [0.29, 0.717) is 6.42 Å². The molecule has 0 saturated carbocycles. The Bertz CT molecular complexity index is 528. The van der Waals surface area contributed by atoms with Crippen LogP contribution < -0.4 is 0 Å². The highest BCUT2D eigenvalue weighted by Crippen LogP contribution is 2.28. The molecule has 2 aromatic rings. The normalized spacial score (nSPS) is 12.2. The lowest BCUT2D eigenvalue weighted by Crippen LogP contribution is -1.96. The molecule has 3 nitrogen and oxygen atoms in total. The van der Waals surface area contributed by atoms with Crippen LogP contribution in [0.25, 0.3) is 10.9 Å². The maximum Gasteiger partial charge on any atom is 0.117 e. The number of nitriles is 1. The van der Waals surface area contributed by atoms with Crippen LogP contribution in [0.3, 0.4) is 0 Å². The van der Waals surface area contributed by atoms with E-state index in [0.717, 1.165) is 15.9 Å². The van der Waals surface area contributed by atoms with Gasteiger partial charge in [-0.3, -0.25) is 0 Å². The molecule has 1 atom stereocenters. The number of fused-ring (bicyclic) bond motifs is 1. The number of hydrogen-bond acceptors (Lipinski definition) is 4. The Kier molecular flexibility index (Phi) is 3.37. The topological polar surface area (TPSA) is 49.6 Å². The minimum absolute atomic E-state index is 0.253. The van der Waals surface area contributed by atoms with Gasteiger partial charge in [-0.05, 0) is 6.07 Å². The summed E-state index contributed by atoms with van der Waals surface area (Å²) in [5.74, 6) is 0. The van der Waals surface area contributed by atoms with Gasteiger partial charge in [-0.25, -0.2) is 9.97 Å². The summed E-state index contributed by atoms with van der Waals surface area (Å²) in [5, 5.41) is 10.9. The van der Waals surface area contributed by atoms with Crippen molar-refractivity contribution >= 4 is 22.7 Å². The zero-order valence-electron chi connectivity index (χ0n) is 8.92. The predicted molar refractivity (Wildman–Crippen MR) is 65.1 cm³/mol. The van der Waals surface area contributed by atoms with E-state index in [9.17, 15) is 0 Å². The maximum absolute atomic E-state index is 8.63. The molecule has 0 spiro atoms. The van der Waals surface area contributed by atoms with Gasteiger partial charge in [-0.2, -0.15) is 5.26 Å². The molecule has 0 saturated heterocycles. The zero-order chi connectivity index (χ0) is 11.4. The maximum atomic E-state index is 8.63. The van der Waals surface area contributed by atoms with Crippen molar-refractivity contribution in [3.8, 4) is 6.07 Å². The fourth-order valence-electron chi connectivity index (χ4n) is 1.43. The van der Waals surface area contributed by atoms with Gasteiger partial charge in [0, 0.05) is 17.1 Å². The number of benzene rings is 1. The highest BCUT2D eigenvalue weighted by Gasteiger charge is 2.08. The Morgan fingerprint density at radius 3 is 3.00 bits per heavy atom. The van der Waals surface area contributed by atoms with Crippen molar-refractivity contribution in [3.05, 3.63) is 30.6 Å². The van der Waals surface area contributed by atoms with Crippen LogP contribution >= 0.6 is 11.8 Å². The lowest BCUT2D eigenvalue weighted by Gasteiger charge is -2.07. The average molecular weight is 229 g/mol. The van der Waals surface area contributed by atoms with Crippen LogP contribution in [0, 0.1) is 11.3 Å². The number of nitrogens with zero attached hydrogens (tertiary/aromatic N) is 3. The summed E-state index contributed by atoms with van der Waals surface area (Å²) in [6.07, 6.45) is 2.10. The van der Waals surface area contributed by atoms with Crippen molar-refractivity contribution in [2.24, 2.45) is 0 Å². The van der Waals surface area contributed by atoms with Gasteiger partial charge in [0.25, 0.3) is 0 Å². The summed E-state index contributed by atoms with van der Waals surface area (Å²) in [4.78, 5) is 8.48. The molecular formula is C12H11N3S. The van der Waals surface area contributed by atoms with E-state index >= 15 is 0 Å². The highest BCUT2D eigenvalue weighted by atomic mass is 32.2. The first-order valence-electron chi connectivity index (χ1n) is 5.04. The minimum atomic E-state index is 0.253. The molecule has 1 heterocycles. The smallest absolute Gasteiger partial charge is 0.117 e. The quantitative estimate of drug-likeness (QED) is 0.599. The molecule has 0 aliphatic carbocycles. The number of thioether (sulfide) groups is 1. The first-order valence-corrected chi connectivity index (χ1v) is 5.92. The Labute approximate surface area is 98.5 Å². The fourth-order valence-corrected chi connectivity index (χ4v) is 2.38. The average Bonchev–Trinajstić information content (AvgIpc) is 2.30. The molecule has 0 radical (unpaired) electrons. The summed E-state index contributed by atoms with van der Waals surface area (Å²) in [6.45, 7) is 2.03.